The molecule has 0 atom stereocenters. The summed E-state index contributed by atoms with van der Waals surface area (Å²) in [6, 6.07) is 9.93. The maximum Gasteiger partial charge on any atom is 0.389 e. The SMILES string of the molecule is Cc1cc(N(C)C(N)=O)cc(C)c1CCS(=O)(=O)N1CCC2(CC1)N=C(c1ccc(CCCC(F)(F)F)cc1)NC2=O. The third-order valence-corrected chi connectivity index (χ3v) is 9.96. The van der Waals surface area contributed by atoms with Crippen LogP contribution in [0, 0.1) is 13.8 Å². The number of carbonyl (C=O) groups excluding carboxylic acids is 2. The summed E-state index contributed by atoms with van der Waals surface area (Å²) in [4.78, 5) is 30.5. The summed E-state index contributed by atoms with van der Waals surface area (Å²) in [7, 11) is -2.03. The van der Waals surface area contributed by atoms with Crippen LogP contribution in [0.4, 0.5) is 23.7 Å². The van der Waals surface area contributed by atoms with Gasteiger partial charge in [-0.3, -0.25) is 14.7 Å². The molecule has 1 saturated heterocycles. The number of rotatable bonds is 9. The number of aliphatic imine (C=N–C) groups is 1. The molecule has 0 unspecified atom stereocenters. The van der Waals surface area contributed by atoms with Gasteiger partial charge in [-0.25, -0.2) is 17.5 Å². The quantitative estimate of drug-likeness (QED) is 0.447. The third kappa shape index (κ3) is 7.12. The van der Waals surface area contributed by atoms with Crippen LogP contribution in [0.15, 0.2) is 41.4 Å². The van der Waals surface area contributed by atoms with Crippen molar-refractivity contribution in [1.29, 1.82) is 0 Å². The van der Waals surface area contributed by atoms with E-state index in [2.05, 4.69) is 10.3 Å². The van der Waals surface area contributed by atoms with Gasteiger partial charge in [0, 0.05) is 37.8 Å². The molecular formula is C29H36F3N5O4S. The van der Waals surface area contributed by atoms with Crippen molar-refractivity contribution in [3.8, 4) is 0 Å². The van der Waals surface area contributed by atoms with Crippen molar-refractivity contribution in [2.75, 3.05) is 30.8 Å². The number of carbonyl (C=O) groups is 2. The molecule has 1 fully saturated rings. The van der Waals surface area contributed by atoms with E-state index in [1.807, 2.05) is 13.8 Å². The van der Waals surface area contributed by atoms with E-state index >= 15 is 0 Å². The summed E-state index contributed by atoms with van der Waals surface area (Å²) in [5.41, 5.74) is 8.98. The number of hydrogen-bond donors (Lipinski definition) is 2. The first kappa shape index (κ1) is 31.5. The first-order chi connectivity index (χ1) is 19.6. The number of aryl methyl sites for hydroxylation is 3. The van der Waals surface area contributed by atoms with Crippen LogP contribution < -0.4 is 16.0 Å². The summed E-state index contributed by atoms with van der Waals surface area (Å²) in [6.07, 6.45) is -3.94. The zero-order valence-corrected chi connectivity index (χ0v) is 24.7. The number of nitrogens with zero attached hydrogens (tertiary/aromatic N) is 3. The molecule has 0 bridgehead atoms. The molecule has 0 aliphatic carbocycles. The molecule has 4 rings (SSSR count). The van der Waals surface area contributed by atoms with E-state index in [1.165, 1.54) is 9.21 Å². The van der Waals surface area contributed by atoms with Gasteiger partial charge in [0.2, 0.25) is 10.0 Å². The molecule has 9 nitrogen and oxygen atoms in total. The predicted octanol–water partition coefficient (Wildman–Crippen LogP) is 3.99. The summed E-state index contributed by atoms with van der Waals surface area (Å²) in [5, 5.41) is 2.81. The lowest BCUT2D eigenvalue weighted by atomic mass is 9.89. The molecular weight excluding hydrogens is 571 g/mol. The van der Waals surface area contributed by atoms with E-state index in [4.69, 9.17) is 5.73 Å². The molecule has 42 heavy (non-hydrogen) atoms. The van der Waals surface area contributed by atoms with Crippen LogP contribution >= 0.6 is 0 Å². The van der Waals surface area contributed by atoms with Gasteiger partial charge in [-0.05, 0) is 80.3 Å². The Kier molecular flexibility index (Phi) is 9.02. The average molecular weight is 608 g/mol. The van der Waals surface area contributed by atoms with Gasteiger partial charge in [0.15, 0.2) is 0 Å². The predicted molar refractivity (Wildman–Crippen MR) is 155 cm³/mol. The smallest absolute Gasteiger partial charge is 0.351 e. The van der Waals surface area contributed by atoms with Gasteiger partial charge in [0.25, 0.3) is 5.91 Å². The summed E-state index contributed by atoms with van der Waals surface area (Å²) >= 11 is 0. The Hall–Kier alpha value is -3.45. The number of nitrogens with two attached hydrogens (primary N) is 1. The Balaban J connectivity index is 1.37. The Morgan fingerprint density at radius 2 is 1.69 bits per heavy atom. The van der Waals surface area contributed by atoms with Crippen LogP contribution in [-0.2, 0) is 27.7 Å². The van der Waals surface area contributed by atoms with Crippen LogP contribution in [0.3, 0.4) is 0 Å². The molecule has 2 aliphatic rings. The first-order valence-corrected chi connectivity index (χ1v) is 15.4. The second-order valence-corrected chi connectivity index (χ2v) is 13.1. The largest absolute Gasteiger partial charge is 0.389 e. The van der Waals surface area contributed by atoms with Crippen molar-refractivity contribution >= 4 is 33.5 Å². The Bertz CT molecular complexity index is 1460. The zero-order chi connectivity index (χ0) is 30.9. The van der Waals surface area contributed by atoms with Crippen molar-refractivity contribution < 1.29 is 31.2 Å². The number of amides is 3. The molecule has 2 heterocycles. The number of nitrogens with one attached hydrogen (secondary N) is 1. The lowest BCUT2D eigenvalue weighted by molar-refractivity contribution is -0.135. The molecule has 0 aromatic heterocycles. The van der Waals surface area contributed by atoms with Crippen molar-refractivity contribution in [3.63, 3.8) is 0 Å². The summed E-state index contributed by atoms with van der Waals surface area (Å²) in [5.74, 6) is 0.00788. The highest BCUT2D eigenvalue weighted by atomic mass is 32.2. The van der Waals surface area contributed by atoms with Crippen LogP contribution in [0.1, 0.15) is 53.5 Å². The van der Waals surface area contributed by atoms with Crippen molar-refractivity contribution in [2.24, 2.45) is 10.7 Å². The Morgan fingerprint density at radius 3 is 2.24 bits per heavy atom. The van der Waals surface area contributed by atoms with Crippen molar-refractivity contribution in [3.05, 3.63) is 64.2 Å². The lowest BCUT2D eigenvalue weighted by Gasteiger charge is -2.34. The number of benzene rings is 2. The van der Waals surface area contributed by atoms with Crippen LogP contribution in [0.25, 0.3) is 0 Å². The standard InChI is InChI=1S/C29H36F3N5O4S/c1-19-17-23(36(3)27(33)39)18-20(2)24(19)10-16-42(40,41)37-14-12-28(13-15-37)26(38)34-25(35-28)22-8-6-21(7-9-22)5-4-11-29(30,31)32/h6-9,17-18H,4-5,10-16H2,1-3H3,(H2,33,39)(H,34,35,38). The van der Waals surface area contributed by atoms with E-state index < -0.39 is 34.2 Å². The number of anilines is 1. The zero-order valence-electron chi connectivity index (χ0n) is 23.9. The second-order valence-electron chi connectivity index (χ2n) is 11.0. The highest BCUT2D eigenvalue weighted by Gasteiger charge is 2.47. The maximum atomic E-state index is 13.2. The van der Waals surface area contributed by atoms with Gasteiger partial charge in [-0.2, -0.15) is 13.2 Å². The molecule has 2 aliphatic heterocycles. The third-order valence-electron chi connectivity index (χ3n) is 8.09. The van der Waals surface area contributed by atoms with E-state index in [0.717, 1.165) is 22.3 Å². The number of alkyl halides is 3. The molecule has 2 aromatic carbocycles. The minimum absolute atomic E-state index is 0.00307. The highest BCUT2D eigenvalue weighted by Crippen LogP contribution is 2.33. The molecule has 0 radical (unpaired) electrons. The fourth-order valence-corrected chi connectivity index (χ4v) is 6.95. The van der Waals surface area contributed by atoms with Crippen LogP contribution in [-0.4, -0.2) is 68.1 Å². The molecule has 1 spiro atoms. The monoisotopic (exact) mass is 607 g/mol. The van der Waals surface area contributed by atoms with E-state index in [1.54, 1.807) is 43.4 Å². The summed E-state index contributed by atoms with van der Waals surface area (Å²) < 4.78 is 65.1. The van der Waals surface area contributed by atoms with E-state index in [-0.39, 0.29) is 44.0 Å². The Morgan fingerprint density at radius 1 is 1.10 bits per heavy atom. The lowest BCUT2D eigenvalue weighted by Crippen LogP contribution is -2.50. The van der Waals surface area contributed by atoms with Gasteiger partial charge < -0.3 is 11.1 Å². The fourth-order valence-electron chi connectivity index (χ4n) is 5.49. The molecule has 3 N–H and O–H groups in total. The number of amidine groups is 1. The maximum absolute atomic E-state index is 13.2. The number of piperidine rings is 1. The number of urea groups is 1. The number of primary amides is 1. The van der Waals surface area contributed by atoms with Gasteiger partial charge in [0.1, 0.15) is 11.4 Å². The summed E-state index contributed by atoms with van der Waals surface area (Å²) in [6.45, 7) is 4.05. The van der Waals surface area contributed by atoms with Crippen LogP contribution in [0.2, 0.25) is 0 Å². The van der Waals surface area contributed by atoms with E-state index in [9.17, 15) is 31.2 Å². The van der Waals surface area contributed by atoms with Gasteiger partial charge in [-0.1, -0.05) is 24.3 Å². The van der Waals surface area contributed by atoms with Gasteiger partial charge >= 0.3 is 12.2 Å². The second kappa shape index (κ2) is 12.0. The number of hydrogen-bond acceptors (Lipinski definition) is 5. The minimum Gasteiger partial charge on any atom is -0.351 e. The van der Waals surface area contributed by atoms with E-state index in [0.29, 0.717) is 29.9 Å². The normalized spacial score (nSPS) is 17.3. The Labute approximate surface area is 244 Å². The van der Waals surface area contributed by atoms with Crippen molar-refractivity contribution in [2.45, 2.75) is 64.1 Å². The molecule has 3 amide bonds. The topological polar surface area (TPSA) is 125 Å². The molecule has 13 heteroatoms. The van der Waals surface area contributed by atoms with Crippen LogP contribution in [0.5, 0.6) is 0 Å². The average Bonchev–Trinajstić information content (AvgIpc) is 3.22. The fraction of sp³-hybridized carbons (Fsp3) is 0.483. The van der Waals surface area contributed by atoms with Gasteiger partial charge in [-0.15, -0.1) is 0 Å². The highest BCUT2D eigenvalue weighted by molar-refractivity contribution is 7.89. The molecule has 2 aromatic rings. The van der Waals surface area contributed by atoms with Crippen molar-refractivity contribution in [1.82, 2.24) is 9.62 Å². The molecule has 0 saturated carbocycles. The van der Waals surface area contributed by atoms with Gasteiger partial charge in [0.05, 0.1) is 5.75 Å². The number of halogens is 3. The first-order valence-electron chi connectivity index (χ1n) is 13.8. The number of sulfonamides is 1. The minimum atomic E-state index is -4.18. The molecule has 228 valence electrons.